The Morgan fingerprint density at radius 1 is 0.893 bits per heavy atom. The molecule has 1 aliphatic rings. The first-order valence-corrected chi connectivity index (χ1v) is 9.48. The molecule has 6 nitrogen and oxygen atoms in total. The second kappa shape index (κ2) is 9.17. The molecule has 3 rings (SSSR count). The van der Waals surface area contributed by atoms with E-state index in [1.165, 1.54) is 0 Å². The molecule has 1 aliphatic carbocycles. The summed E-state index contributed by atoms with van der Waals surface area (Å²) in [6.07, 6.45) is 2.66. The molecule has 1 saturated carbocycles. The molecule has 6 heteroatoms. The summed E-state index contributed by atoms with van der Waals surface area (Å²) in [5.41, 5.74) is 2.03. The average Bonchev–Trinajstić information content (AvgIpc) is 2.73. The highest BCUT2D eigenvalue weighted by molar-refractivity contribution is 5.97. The summed E-state index contributed by atoms with van der Waals surface area (Å²) in [7, 11) is 0. The lowest BCUT2D eigenvalue weighted by atomic mass is 9.78. The van der Waals surface area contributed by atoms with Crippen molar-refractivity contribution in [1.82, 2.24) is 5.32 Å². The molecular formula is C22H23N2O4-. The van der Waals surface area contributed by atoms with Gasteiger partial charge in [-0.2, -0.15) is 0 Å². The summed E-state index contributed by atoms with van der Waals surface area (Å²) in [6, 6.07) is 16.2. The maximum absolute atomic E-state index is 12.5. The van der Waals surface area contributed by atoms with Crippen molar-refractivity contribution >= 4 is 23.5 Å². The van der Waals surface area contributed by atoms with E-state index in [1.807, 2.05) is 30.3 Å². The van der Waals surface area contributed by atoms with Gasteiger partial charge in [-0.05, 0) is 42.7 Å². The Morgan fingerprint density at radius 2 is 1.54 bits per heavy atom. The molecule has 0 radical (unpaired) electrons. The van der Waals surface area contributed by atoms with Crippen molar-refractivity contribution in [3.8, 4) is 0 Å². The quantitative estimate of drug-likeness (QED) is 0.803. The van der Waals surface area contributed by atoms with E-state index < -0.39 is 17.8 Å². The van der Waals surface area contributed by atoms with E-state index in [1.54, 1.807) is 24.3 Å². The van der Waals surface area contributed by atoms with Crippen LogP contribution in [-0.4, -0.2) is 17.8 Å². The van der Waals surface area contributed by atoms with Crippen molar-refractivity contribution in [3.05, 3.63) is 65.7 Å². The van der Waals surface area contributed by atoms with Crippen LogP contribution in [0.2, 0.25) is 0 Å². The number of rotatable bonds is 6. The van der Waals surface area contributed by atoms with Crippen molar-refractivity contribution in [2.45, 2.75) is 32.2 Å². The molecule has 0 heterocycles. The van der Waals surface area contributed by atoms with Crippen LogP contribution in [0.3, 0.4) is 0 Å². The van der Waals surface area contributed by atoms with Crippen LogP contribution in [0.1, 0.15) is 41.6 Å². The monoisotopic (exact) mass is 379 g/mol. The van der Waals surface area contributed by atoms with E-state index >= 15 is 0 Å². The molecule has 2 amide bonds. The number of carbonyl (C=O) groups is 3. The lowest BCUT2D eigenvalue weighted by Gasteiger charge is -2.31. The lowest BCUT2D eigenvalue weighted by Crippen LogP contribution is -2.42. The molecular weight excluding hydrogens is 356 g/mol. The summed E-state index contributed by atoms with van der Waals surface area (Å²) in [5.74, 6) is -2.99. The summed E-state index contributed by atoms with van der Waals surface area (Å²) in [4.78, 5) is 36.0. The third-order valence-corrected chi connectivity index (χ3v) is 5.12. The van der Waals surface area contributed by atoms with Crippen LogP contribution in [0.25, 0.3) is 0 Å². The number of anilines is 1. The molecule has 0 saturated heterocycles. The number of benzene rings is 2. The summed E-state index contributed by atoms with van der Waals surface area (Å²) >= 11 is 0. The summed E-state index contributed by atoms with van der Waals surface area (Å²) < 4.78 is 0. The fourth-order valence-electron chi connectivity index (χ4n) is 3.55. The first-order chi connectivity index (χ1) is 13.5. The van der Waals surface area contributed by atoms with E-state index in [4.69, 9.17) is 0 Å². The molecule has 1 fully saturated rings. The predicted octanol–water partition coefficient (Wildman–Crippen LogP) is 2.11. The van der Waals surface area contributed by atoms with Crippen molar-refractivity contribution in [2.24, 2.45) is 11.8 Å². The van der Waals surface area contributed by atoms with Crippen molar-refractivity contribution < 1.29 is 19.5 Å². The van der Waals surface area contributed by atoms with E-state index in [2.05, 4.69) is 10.6 Å². The number of carbonyl (C=O) groups excluding carboxylic acids is 3. The minimum atomic E-state index is -1.16. The zero-order chi connectivity index (χ0) is 19.9. The number of nitrogens with one attached hydrogen (secondary N) is 2. The van der Waals surface area contributed by atoms with E-state index in [0.29, 0.717) is 30.6 Å². The third-order valence-electron chi connectivity index (χ3n) is 5.12. The maximum atomic E-state index is 12.5. The Balaban J connectivity index is 1.57. The second-order valence-corrected chi connectivity index (χ2v) is 7.05. The molecule has 0 bridgehead atoms. The van der Waals surface area contributed by atoms with Gasteiger partial charge in [-0.15, -0.1) is 0 Å². The summed E-state index contributed by atoms with van der Waals surface area (Å²) in [6.45, 7) is 0.435. The van der Waals surface area contributed by atoms with Gasteiger partial charge in [0.15, 0.2) is 0 Å². The van der Waals surface area contributed by atoms with Gasteiger partial charge in [0.05, 0.1) is 0 Å². The molecule has 0 spiro atoms. The lowest BCUT2D eigenvalue weighted by molar-refractivity contribution is -0.313. The molecule has 0 aromatic heterocycles. The Kier molecular flexibility index (Phi) is 6.42. The molecule has 0 unspecified atom stereocenters. The highest BCUT2D eigenvalue weighted by Gasteiger charge is 2.31. The predicted molar refractivity (Wildman–Crippen MR) is 103 cm³/mol. The SMILES string of the molecule is O=C(NCc1ccccc1)c1ccc(NC(=O)[C@H]2CCCC[C@H]2C(=O)[O-])cc1. The number of hydrogen-bond acceptors (Lipinski definition) is 4. The van der Waals surface area contributed by atoms with Gasteiger partial charge in [0.2, 0.25) is 5.91 Å². The number of hydrogen-bond donors (Lipinski definition) is 2. The Bertz CT molecular complexity index is 833. The topological polar surface area (TPSA) is 98.3 Å². The van der Waals surface area contributed by atoms with Gasteiger partial charge in [0, 0.05) is 35.6 Å². The summed E-state index contributed by atoms with van der Waals surface area (Å²) in [5, 5.41) is 16.9. The number of carboxylic acids is 1. The van der Waals surface area contributed by atoms with E-state index in [0.717, 1.165) is 18.4 Å². The van der Waals surface area contributed by atoms with Crippen LogP contribution < -0.4 is 15.7 Å². The van der Waals surface area contributed by atoms with Gasteiger partial charge in [0.1, 0.15) is 0 Å². The molecule has 2 aromatic carbocycles. The standard InChI is InChI=1S/C22H24N2O4/c25-20(23-14-15-6-2-1-3-7-15)16-10-12-17(13-11-16)24-21(26)18-8-4-5-9-19(18)22(27)28/h1-3,6-7,10-13,18-19H,4-5,8-9,14H2,(H,23,25)(H,24,26)(H,27,28)/p-1/t18-,19+/m0/s1. The van der Waals surface area contributed by atoms with Crippen LogP contribution in [0, 0.1) is 11.8 Å². The molecule has 146 valence electrons. The Labute approximate surface area is 164 Å². The van der Waals surface area contributed by atoms with Gasteiger partial charge in [-0.1, -0.05) is 43.2 Å². The van der Waals surface area contributed by atoms with Gasteiger partial charge >= 0.3 is 0 Å². The van der Waals surface area contributed by atoms with Crippen LogP contribution in [0.15, 0.2) is 54.6 Å². The normalized spacial score (nSPS) is 18.9. The maximum Gasteiger partial charge on any atom is 0.251 e. The second-order valence-electron chi connectivity index (χ2n) is 7.05. The molecule has 0 aliphatic heterocycles. The third kappa shape index (κ3) is 4.97. The van der Waals surface area contributed by atoms with Gasteiger partial charge in [-0.25, -0.2) is 0 Å². The smallest absolute Gasteiger partial charge is 0.251 e. The molecule has 2 N–H and O–H groups in total. The largest absolute Gasteiger partial charge is 0.550 e. The van der Waals surface area contributed by atoms with E-state index in [9.17, 15) is 19.5 Å². The fraction of sp³-hybridized carbons (Fsp3) is 0.318. The van der Waals surface area contributed by atoms with Crippen molar-refractivity contribution in [3.63, 3.8) is 0 Å². The van der Waals surface area contributed by atoms with Gasteiger partial charge in [-0.3, -0.25) is 9.59 Å². The fourth-order valence-corrected chi connectivity index (χ4v) is 3.55. The number of carboxylic acid groups (broad SMARTS) is 1. The average molecular weight is 379 g/mol. The first kappa shape index (κ1) is 19.6. The van der Waals surface area contributed by atoms with Crippen LogP contribution in [-0.2, 0) is 16.1 Å². The van der Waals surface area contributed by atoms with Crippen LogP contribution in [0.4, 0.5) is 5.69 Å². The highest BCUT2D eigenvalue weighted by atomic mass is 16.4. The zero-order valence-corrected chi connectivity index (χ0v) is 15.5. The minimum absolute atomic E-state index is 0.203. The zero-order valence-electron chi connectivity index (χ0n) is 15.5. The Morgan fingerprint density at radius 3 is 2.18 bits per heavy atom. The highest BCUT2D eigenvalue weighted by Crippen LogP contribution is 2.30. The minimum Gasteiger partial charge on any atom is -0.550 e. The molecule has 28 heavy (non-hydrogen) atoms. The van der Waals surface area contributed by atoms with Gasteiger partial charge < -0.3 is 20.5 Å². The van der Waals surface area contributed by atoms with Crippen molar-refractivity contribution in [1.29, 1.82) is 0 Å². The molecule has 2 atom stereocenters. The first-order valence-electron chi connectivity index (χ1n) is 9.48. The number of amides is 2. The van der Waals surface area contributed by atoms with Crippen LogP contribution >= 0.6 is 0 Å². The Hall–Kier alpha value is -3.15. The number of aliphatic carboxylic acids is 1. The molecule has 2 aromatic rings. The van der Waals surface area contributed by atoms with Gasteiger partial charge in [0.25, 0.3) is 5.91 Å². The van der Waals surface area contributed by atoms with Crippen LogP contribution in [0.5, 0.6) is 0 Å². The van der Waals surface area contributed by atoms with Crippen molar-refractivity contribution in [2.75, 3.05) is 5.32 Å². The van der Waals surface area contributed by atoms with E-state index in [-0.39, 0.29) is 11.8 Å².